The molecule has 6 atom stereocenters. The fraction of sp³-hybridized carbons (Fsp3) is 0.741. The van der Waals surface area contributed by atoms with Crippen LogP contribution in [-0.2, 0) is 28.8 Å². The van der Waals surface area contributed by atoms with Crippen LogP contribution in [0.1, 0.15) is 72.6 Å². The van der Waals surface area contributed by atoms with E-state index in [-0.39, 0.29) is 37.8 Å². The Morgan fingerprint density at radius 1 is 0.953 bits per heavy atom. The van der Waals surface area contributed by atoms with Crippen molar-refractivity contribution in [2.45, 2.75) is 103 Å². The molecule has 0 spiro atoms. The number of rotatable bonds is 18. The van der Waals surface area contributed by atoms with Gasteiger partial charge < -0.3 is 48.3 Å². The first-order valence-corrected chi connectivity index (χ1v) is 14.6. The second kappa shape index (κ2) is 17.9. The summed E-state index contributed by atoms with van der Waals surface area (Å²) in [6.45, 7) is 7.50. The summed E-state index contributed by atoms with van der Waals surface area (Å²) >= 11 is 0. The molecule has 0 radical (unpaired) electrons. The molecule has 1 rings (SSSR count). The third-order valence-corrected chi connectivity index (χ3v) is 7.47. The summed E-state index contributed by atoms with van der Waals surface area (Å²) in [5, 5.41) is 26.1. The van der Waals surface area contributed by atoms with Gasteiger partial charge in [-0.25, -0.2) is 4.79 Å². The minimum atomic E-state index is -1.46. The second-order valence-corrected chi connectivity index (χ2v) is 11.2. The molecule has 1 saturated heterocycles. The van der Waals surface area contributed by atoms with Crippen LogP contribution in [0.15, 0.2) is 4.99 Å². The number of guanidine groups is 1. The monoisotopic (exact) mass is 612 g/mol. The van der Waals surface area contributed by atoms with E-state index >= 15 is 0 Å². The molecular formula is C27H48N8O8. The zero-order valence-corrected chi connectivity index (χ0v) is 25.4. The van der Waals surface area contributed by atoms with Crippen LogP contribution in [0.25, 0.3) is 0 Å². The van der Waals surface area contributed by atoms with E-state index in [9.17, 15) is 33.9 Å². The van der Waals surface area contributed by atoms with Gasteiger partial charge in [-0.3, -0.25) is 29.0 Å². The summed E-state index contributed by atoms with van der Waals surface area (Å²) in [6, 6.07) is -5.40. The largest absolute Gasteiger partial charge is 0.481 e. The molecule has 16 nitrogen and oxygen atoms in total. The van der Waals surface area contributed by atoms with Gasteiger partial charge in [0, 0.05) is 19.5 Å². The number of aliphatic imine (C=N–C) groups is 1. The number of amides is 4. The van der Waals surface area contributed by atoms with E-state index in [4.69, 9.17) is 22.3 Å². The lowest BCUT2D eigenvalue weighted by Gasteiger charge is -2.31. The Labute approximate surface area is 251 Å². The second-order valence-electron chi connectivity index (χ2n) is 11.2. The molecule has 43 heavy (non-hydrogen) atoms. The molecule has 0 aromatic rings. The Morgan fingerprint density at radius 2 is 1.58 bits per heavy atom. The third-order valence-electron chi connectivity index (χ3n) is 7.47. The van der Waals surface area contributed by atoms with Gasteiger partial charge in [0.15, 0.2) is 5.96 Å². The molecule has 0 unspecified atom stereocenters. The molecule has 1 aliphatic rings. The number of carboxylic acid groups (broad SMARTS) is 2. The van der Waals surface area contributed by atoms with E-state index in [1.807, 2.05) is 0 Å². The van der Waals surface area contributed by atoms with Gasteiger partial charge in [0.1, 0.15) is 24.2 Å². The first-order valence-electron chi connectivity index (χ1n) is 14.6. The number of nitrogens with two attached hydrogens (primary N) is 3. The highest BCUT2D eigenvalue weighted by Crippen LogP contribution is 2.21. The molecule has 0 aromatic carbocycles. The normalized spacial score (nSPS) is 18.1. The van der Waals surface area contributed by atoms with Crippen LogP contribution in [0.5, 0.6) is 0 Å². The molecule has 1 heterocycles. The maximum Gasteiger partial charge on any atom is 0.326 e. The molecule has 244 valence electrons. The van der Waals surface area contributed by atoms with Gasteiger partial charge >= 0.3 is 11.9 Å². The van der Waals surface area contributed by atoms with Crippen molar-refractivity contribution < 1.29 is 39.0 Å². The number of hydrogen-bond donors (Lipinski definition) is 8. The number of aliphatic carboxylic acids is 2. The van der Waals surface area contributed by atoms with Crippen molar-refractivity contribution in [3.05, 3.63) is 0 Å². The average molecular weight is 613 g/mol. The predicted molar refractivity (Wildman–Crippen MR) is 157 cm³/mol. The fourth-order valence-electron chi connectivity index (χ4n) is 4.57. The summed E-state index contributed by atoms with van der Waals surface area (Å²) in [5.41, 5.74) is 16.7. The highest BCUT2D eigenvalue weighted by Gasteiger charge is 2.40. The minimum absolute atomic E-state index is 0.110. The zero-order chi connectivity index (χ0) is 32.9. The molecule has 0 saturated carbocycles. The lowest BCUT2D eigenvalue weighted by atomic mass is 9.97. The number of carbonyl (C=O) groups is 6. The number of hydrogen-bond acceptors (Lipinski definition) is 8. The smallest absolute Gasteiger partial charge is 0.326 e. The Kier molecular flexibility index (Phi) is 15.4. The maximum absolute atomic E-state index is 13.7. The van der Waals surface area contributed by atoms with Crippen LogP contribution in [0.3, 0.4) is 0 Å². The number of carboxylic acids is 2. The van der Waals surface area contributed by atoms with Crippen molar-refractivity contribution >= 4 is 41.5 Å². The molecule has 0 bridgehead atoms. The molecule has 11 N–H and O–H groups in total. The standard InChI is InChI=1S/C27H48N8O8/c1-5-15(4)21(24(40)33-17(26(42)43)10-11-19(36)37)34-22(38)18-9-7-13-35(18)25(41)16(8-6-12-31-27(29)30)32-23(39)20(28)14(2)3/h14-18,20-21H,5-13,28H2,1-4H3,(H,32,39)(H,33,40)(H,34,38)(H,36,37)(H,42,43)(H4,29,30,31)/t15-,16-,17-,18-,20-,21-/m0/s1. The fourth-order valence-corrected chi connectivity index (χ4v) is 4.57. The summed E-state index contributed by atoms with van der Waals surface area (Å²) in [5.74, 6) is -5.70. The van der Waals surface area contributed by atoms with Crippen LogP contribution in [0.4, 0.5) is 0 Å². The molecule has 16 heteroatoms. The Bertz CT molecular complexity index is 1030. The van der Waals surface area contributed by atoms with Crippen molar-refractivity contribution in [3.63, 3.8) is 0 Å². The molecule has 1 fully saturated rings. The van der Waals surface area contributed by atoms with Gasteiger partial charge in [-0.2, -0.15) is 0 Å². The molecule has 0 aromatic heterocycles. The van der Waals surface area contributed by atoms with E-state index in [1.165, 1.54) is 4.90 Å². The van der Waals surface area contributed by atoms with E-state index in [0.717, 1.165) is 0 Å². The van der Waals surface area contributed by atoms with Crippen LogP contribution in [0.2, 0.25) is 0 Å². The minimum Gasteiger partial charge on any atom is -0.481 e. The van der Waals surface area contributed by atoms with Gasteiger partial charge in [0.25, 0.3) is 0 Å². The molecule has 1 aliphatic heterocycles. The Hall–Kier alpha value is -3.95. The predicted octanol–water partition coefficient (Wildman–Crippen LogP) is -1.54. The molecule has 4 amide bonds. The quantitative estimate of drug-likeness (QED) is 0.0499. The molecule has 0 aliphatic carbocycles. The van der Waals surface area contributed by atoms with Crippen LogP contribution < -0.4 is 33.2 Å². The topological polar surface area (TPSA) is 273 Å². The van der Waals surface area contributed by atoms with E-state index in [2.05, 4.69) is 20.9 Å². The number of likely N-dealkylation sites (tertiary alicyclic amines) is 1. The summed E-state index contributed by atoms with van der Waals surface area (Å²) in [4.78, 5) is 80.8. The van der Waals surface area contributed by atoms with E-state index in [0.29, 0.717) is 25.7 Å². The van der Waals surface area contributed by atoms with Gasteiger partial charge in [0.05, 0.1) is 6.04 Å². The number of nitrogens with zero attached hydrogens (tertiary/aromatic N) is 2. The third kappa shape index (κ3) is 12.1. The van der Waals surface area contributed by atoms with Crippen LogP contribution in [0, 0.1) is 11.8 Å². The first-order chi connectivity index (χ1) is 20.1. The van der Waals surface area contributed by atoms with Crippen molar-refractivity contribution in [1.29, 1.82) is 0 Å². The van der Waals surface area contributed by atoms with E-state index < -0.39 is 78.1 Å². The highest BCUT2D eigenvalue weighted by molar-refractivity contribution is 5.96. The highest BCUT2D eigenvalue weighted by atomic mass is 16.4. The van der Waals surface area contributed by atoms with Crippen LogP contribution >= 0.6 is 0 Å². The summed E-state index contributed by atoms with van der Waals surface area (Å²) in [7, 11) is 0. The Morgan fingerprint density at radius 3 is 2.12 bits per heavy atom. The van der Waals surface area contributed by atoms with Gasteiger partial charge in [-0.05, 0) is 43.9 Å². The van der Waals surface area contributed by atoms with Crippen molar-refractivity contribution in [3.8, 4) is 0 Å². The first kappa shape index (κ1) is 37.1. The van der Waals surface area contributed by atoms with Gasteiger partial charge in [-0.1, -0.05) is 34.1 Å². The van der Waals surface area contributed by atoms with E-state index in [1.54, 1.807) is 27.7 Å². The zero-order valence-electron chi connectivity index (χ0n) is 25.4. The SMILES string of the molecule is CC[C@H](C)[C@H](NC(=O)[C@@H]1CCCN1C(=O)[C@H](CCCN=C(N)N)NC(=O)[C@@H](N)C(C)C)C(=O)N[C@@H](CCC(=O)O)C(=O)O. The lowest BCUT2D eigenvalue weighted by molar-refractivity contribution is -0.144. The summed E-state index contributed by atoms with van der Waals surface area (Å²) in [6.07, 6.45) is 1.00. The van der Waals surface area contributed by atoms with Crippen molar-refractivity contribution in [2.75, 3.05) is 13.1 Å². The van der Waals surface area contributed by atoms with Crippen molar-refractivity contribution in [2.24, 2.45) is 34.0 Å². The molecular weight excluding hydrogens is 564 g/mol. The average Bonchev–Trinajstić information content (AvgIpc) is 3.43. The maximum atomic E-state index is 13.7. The summed E-state index contributed by atoms with van der Waals surface area (Å²) < 4.78 is 0. The number of carbonyl (C=O) groups excluding carboxylic acids is 4. The lowest BCUT2D eigenvalue weighted by Crippen LogP contribution is -2.59. The van der Waals surface area contributed by atoms with Gasteiger partial charge in [-0.15, -0.1) is 0 Å². The van der Waals surface area contributed by atoms with Crippen LogP contribution in [-0.4, -0.2) is 99.9 Å². The van der Waals surface area contributed by atoms with Gasteiger partial charge in [0.2, 0.25) is 23.6 Å². The number of nitrogens with one attached hydrogen (secondary N) is 3. The Balaban J connectivity index is 3.12. The van der Waals surface area contributed by atoms with Crippen molar-refractivity contribution in [1.82, 2.24) is 20.9 Å².